The van der Waals surface area contributed by atoms with E-state index in [-0.39, 0.29) is 12.3 Å². The number of amides is 4. The van der Waals surface area contributed by atoms with Gasteiger partial charge in [-0.25, -0.2) is 4.79 Å². The first-order valence-corrected chi connectivity index (χ1v) is 11.6. The maximum Gasteiger partial charge on any atom is 0.326 e. The Balaban J connectivity index is 5.54. The lowest BCUT2D eigenvalue weighted by molar-refractivity contribution is -0.143. The molecule has 0 aromatic rings. The third-order valence-corrected chi connectivity index (χ3v) is 5.52. The van der Waals surface area contributed by atoms with Gasteiger partial charge >= 0.3 is 5.97 Å². The normalized spacial score (nSPS) is 16.6. The second kappa shape index (κ2) is 14.6. The summed E-state index contributed by atoms with van der Waals surface area (Å²) in [4.78, 5) is 60.3. The number of nitrogens with two attached hydrogens (primary N) is 2. The Morgan fingerprint density at radius 1 is 0.969 bits per heavy atom. The predicted molar refractivity (Wildman–Crippen MR) is 119 cm³/mol. The zero-order valence-corrected chi connectivity index (χ0v) is 19.6. The Kier molecular flexibility index (Phi) is 13.5. The number of hydrogen-bond donors (Lipinski definition) is 7. The molecule has 13 heteroatoms. The fourth-order valence-electron chi connectivity index (χ4n) is 2.61. The number of carboxylic acids is 1. The van der Waals surface area contributed by atoms with E-state index in [1.807, 2.05) is 6.92 Å². The van der Waals surface area contributed by atoms with Crippen molar-refractivity contribution in [1.82, 2.24) is 16.0 Å². The molecule has 0 spiro atoms. The minimum atomic E-state index is -1.54. The Morgan fingerprint density at radius 2 is 1.53 bits per heavy atom. The van der Waals surface area contributed by atoms with Crippen LogP contribution in [-0.2, 0) is 24.0 Å². The number of nitrogens with one attached hydrogen (secondary N) is 3. The molecular formula is C19H35N5O7S. The first-order valence-electron chi connectivity index (χ1n) is 10.2. The van der Waals surface area contributed by atoms with E-state index in [4.69, 9.17) is 11.5 Å². The summed E-state index contributed by atoms with van der Waals surface area (Å²) in [6.45, 7) is 4.88. The van der Waals surface area contributed by atoms with E-state index in [0.717, 1.165) is 0 Å². The second-order valence-electron chi connectivity index (χ2n) is 7.55. The van der Waals surface area contributed by atoms with E-state index in [9.17, 15) is 34.2 Å². The highest BCUT2D eigenvalue weighted by Crippen LogP contribution is 2.10. The zero-order chi connectivity index (χ0) is 25.0. The van der Waals surface area contributed by atoms with Gasteiger partial charge < -0.3 is 37.6 Å². The van der Waals surface area contributed by atoms with Crippen molar-refractivity contribution in [2.24, 2.45) is 17.4 Å². The summed E-state index contributed by atoms with van der Waals surface area (Å²) in [7, 11) is 0. The average molecular weight is 478 g/mol. The molecule has 9 N–H and O–H groups in total. The number of aliphatic hydroxyl groups is 1. The van der Waals surface area contributed by atoms with Crippen molar-refractivity contribution in [2.75, 3.05) is 12.0 Å². The van der Waals surface area contributed by atoms with E-state index in [2.05, 4.69) is 16.0 Å². The number of carbonyl (C=O) groups excluding carboxylic acids is 4. The number of hydrogen-bond acceptors (Lipinski definition) is 8. The first kappa shape index (κ1) is 29.6. The maximum atomic E-state index is 12.9. The van der Waals surface area contributed by atoms with E-state index in [1.165, 1.54) is 18.7 Å². The van der Waals surface area contributed by atoms with E-state index < -0.39 is 66.3 Å². The van der Waals surface area contributed by atoms with Gasteiger partial charge in [-0.05, 0) is 31.3 Å². The number of aliphatic hydroxyl groups excluding tert-OH is 1. The van der Waals surface area contributed by atoms with Gasteiger partial charge in [0.1, 0.15) is 24.2 Å². The van der Waals surface area contributed by atoms with Crippen molar-refractivity contribution in [3.05, 3.63) is 0 Å². The Hall–Kier alpha value is -2.38. The average Bonchev–Trinajstić information content (AvgIpc) is 2.72. The molecule has 0 aromatic heterocycles. The van der Waals surface area contributed by atoms with Gasteiger partial charge in [0.25, 0.3) is 0 Å². The molecular weight excluding hydrogens is 442 g/mol. The Bertz CT molecular complexity index is 676. The third kappa shape index (κ3) is 10.3. The van der Waals surface area contributed by atoms with Gasteiger partial charge in [-0.2, -0.15) is 11.8 Å². The van der Waals surface area contributed by atoms with Crippen LogP contribution in [0.1, 0.15) is 40.0 Å². The molecule has 6 unspecified atom stereocenters. The number of carbonyl (C=O) groups is 5. The van der Waals surface area contributed by atoms with Gasteiger partial charge in [0.15, 0.2) is 0 Å². The molecule has 0 fully saturated rings. The highest BCUT2D eigenvalue weighted by molar-refractivity contribution is 7.98. The van der Waals surface area contributed by atoms with Crippen molar-refractivity contribution >= 4 is 41.4 Å². The number of carboxylic acid groups (broad SMARTS) is 1. The van der Waals surface area contributed by atoms with Gasteiger partial charge in [0.05, 0.1) is 12.5 Å². The first-order chi connectivity index (χ1) is 14.8. The molecule has 0 saturated carbocycles. The van der Waals surface area contributed by atoms with Crippen LogP contribution in [0, 0.1) is 5.92 Å². The minimum absolute atomic E-state index is 0.177. The van der Waals surface area contributed by atoms with Gasteiger partial charge in [-0.3, -0.25) is 19.2 Å². The molecule has 0 heterocycles. The van der Waals surface area contributed by atoms with Crippen LogP contribution in [0.2, 0.25) is 0 Å². The van der Waals surface area contributed by atoms with Crippen molar-refractivity contribution in [3.63, 3.8) is 0 Å². The molecule has 0 rings (SSSR count). The van der Waals surface area contributed by atoms with Crippen LogP contribution in [-0.4, -0.2) is 82.1 Å². The van der Waals surface area contributed by atoms with Crippen molar-refractivity contribution < 1.29 is 34.2 Å². The lowest BCUT2D eigenvalue weighted by atomic mass is 9.97. The fraction of sp³-hybridized carbons (Fsp3) is 0.737. The molecule has 12 nitrogen and oxygen atoms in total. The molecule has 4 amide bonds. The molecule has 0 aliphatic heterocycles. The number of rotatable bonds is 15. The summed E-state index contributed by atoms with van der Waals surface area (Å²) in [5.74, 6) is -4.38. The smallest absolute Gasteiger partial charge is 0.326 e. The molecule has 0 saturated heterocycles. The van der Waals surface area contributed by atoms with Gasteiger partial charge in [-0.15, -0.1) is 0 Å². The SMILES string of the molecule is CCC(C)C(NC(=O)C(N)C(C)O)C(=O)NC(CCSC)C(=O)NC(CC(N)=O)C(=O)O. The van der Waals surface area contributed by atoms with Gasteiger partial charge in [0, 0.05) is 0 Å². The summed E-state index contributed by atoms with van der Waals surface area (Å²) in [6, 6.07) is -4.93. The van der Waals surface area contributed by atoms with E-state index in [0.29, 0.717) is 12.2 Å². The zero-order valence-electron chi connectivity index (χ0n) is 18.8. The van der Waals surface area contributed by atoms with Crippen LogP contribution >= 0.6 is 11.8 Å². The number of primary amides is 1. The van der Waals surface area contributed by atoms with Gasteiger partial charge in [0.2, 0.25) is 23.6 Å². The third-order valence-electron chi connectivity index (χ3n) is 4.88. The molecule has 0 bridgehead atoms. The minimum Gasteiger partial charge on any atom is -0.480 e. The largest absolute Gasteiger partial charge is 0.480 e. The molecule has 0 aliphatic rings. The molecule has 32 heavy (non-hydrogen) atoms. The van der Waals surface area contributed by atoms with Crippen LogP contribution in [0.4, 0.5) is 0 Å². The van der Waals surface area contributed by atoms with Crippen molar-refractivity contribution in [2.45, 2.75) is 70.3 Å². The fourth-order valence-corrected chi connectivity index (χ4v) is 3.08. The van der Waals surface area contributed by atoms with Crippen LogP contribution in [0.3, 0.4) is 0 Å². The lowest BCUT2D eigenvalue weighted by Gasteiger charge is -2.28. The standard InChI is InChI=1S/C19H35N5O7S/c1-5-9(2)15(24-17(28)14(21)10(3)25)18(29)22-11(6-7-32-4)16(27)23-12(19(30)31)8-13(20)26/h9-12,14-15,25H,5-8,21H2,1-4H3,(H2,20,26)(H,22,29)(H,23,27)(H,24,28)(H,30,31). The highest BCUT2D eigenvalue weighted by atomic mass is 32.2. The van der Waals surface area contributed by atoms with E-state index in [1.54, 1.807) is 13.2 Å². The van der Waals surface area contributed by atoms with Crippen molar-refractivity contribution in [1.29, 1.82) is 0 Å². The van der Waals surface area contributed by atoms with Crippen molar-refractivity contribution in [3.8, 4) is 0 Å². The van der Waals surface area contributed by atoms with E-state index >= 15 is 0 Å². The highest BCUT2D eigenvalue weighted by Gasteiger charge is 2.33. The summed E-state index contributed by atoms with van der Waals surface area (Å²) in [6.07, 6.45) is 0.755. The Morgan fingerprint density at radius 3 is 1.97 bits per heavy atom. The molecule has 6 atom stereocenters. The summed E-state index contributed by atoms with van der Waals surface area (Å²) >= 11 is 1.41. The Labute approximate surface area is 191 Å². The van der Waals surface area contributed by atoms with Crippen LogP contribution in [0.5, 0.6) is 0 Å². The molecule has 0 radical (unpaired) electrons. The van der Waals surface area contributed by atoms with Crippen LogP contribution in [0.25, 0.3) is 0 Å². The predicted octanol–water partition coefficient (Wildman–Crippen LogP) is -2.09. The number of thioether (sulfide) groups is 1. The van der Waals surface area contributed by atoms with Crippen LogP contribution < -0.4 is 27.4 Å². The quantitative estimate of drug-likeness (QED) is 0.137. The topological polar surface area (TPSA) is 214 Å². The summed E-state index contributed by atoms with van der Waals surface area (Å²) in [5.41, 5.74) is 10.7. The lowest BCUT2D eigenvalue weighted by Crippen LogP contribution is -2.59. The number of aliphatic carboxylic acids is 1. The molecule has 0 aliphatic carbocycles. The summed E-state index contributed by atoms with van der Waals surface area (Å²) in [5, 5.41) is 26.0. The molecule has 0 aromatic carbocycles. The second-order valence-corrected chi connectivity index (χ2v) is 8.54. The monoisotopic (exact) mass is 477 g/mol. The maximum absolute atomic E-state index is 12.9. The molecule has 184 valence electrons. The van der Waals surface area contributed by atoms with Gasteiger partial charge in [-0.1, -0.05) is 20.3 Å². The van der Waals surface area contributed by atoms with Crippen LogP contribution in [0.15, 0.2) is 0 Å². The summed E-state index contributed by atoms with van der Waals surface area (Å²) < 4.78 is 0.